The number of carbonyl (C=O) groups excluding carboxylic acids is 2. The SMILES string of the molecule is CCCCC(C)(C)CCC[C@H]1CC[C@H](O)[C@@H]1CCCCC(=O)C(OCCO)C(=O)OCC. The summed E-state index contributed by atoms with van der Waals surface area (Å²) in [4.78, 5) is 24.4. The molecule has 0 aromatic carbocycles. The zero-order chi connectivity index (χ0) is 24.0. The van der Waals surface area contributed by atoms with Crippen LogP contribution >= 0.6 is 0 Å². The van der Waals surface area contributed by atoms with Crippen LogP contribution < -0.4 is 0 Å². The second kappa shape index (κ2) is 15.8. The number of carbonyl (C=O) groups is 2. The van der Waals surface area contributed by atoms with Gasteiger partial charge in [0.25, 0.3) is 0 Å². The molecule has 6 heteroatoms. The van der Waals surface area contributed by atoms with Gasteiger partial charge in [0.15, 0.2) is 5.78 Å². The molecule has 188 valence electrons. The van der Waals surface area contributed by atoms with Gasteiger partial charge in [0.2, 0.25) is 6.10 Å². The maximum atomic E-state index is 12.4. The Balaban J connectivity index is 2.41. The molecular weight excluding hydrogens is 408 g/mol. The first kappa shape index (κ1) is 29.1. The molecule has 1 unspecified atom stereocenters. The van der Waals surface area contributed by atoms with Gasteiger partial charge in [0.1, 0.15) is 0 Å². The van der Waals surface area contributed by atoms with Gasteiger partial charge in [0, 0.05) is 6.42 Å². The van der Waals surface area contributed by atoms with Crippen molar-refractivity contribution in [1.29, 1.82) is 0 Å². The second-order valence-corrected chi connectivity index (χ2v) is 10.2. The van der Waals surface area contributed by atoms with Crippen molar-refractivity contribution >= 4 is 11.8 Å². The van der Waals surface area contributed by atoms with E-state index in [0.717, 1.165) is 25.7 Å². The summed E-state index contributed by atoms with van der Waals surface area (Å²) in [6.45, 7) is 8.53. The summed E-state index contributed by atoms with van der Waals surface area (Å²) in [7, 11) is 0. The van der Waals surface area contributed by atoms with Crippen molar-refractivity contribution in [1.82, 2.24) is 0 Å². The molecule has 1 rings (SSSR count). The van der Waals surface area contributed by atoms with Crippen molar-refractivity contribution in [2.45, 2.75) is 117 Å². The maximum Gasteiger partial charge on any atom is 0.343 e. The van der Waals surface area contributed by atoms with Crippen LogP contribution in [0.15, 0.2) is 0 Å². The lowest BCUT2D eigenvalue weighted by Crippen LogP contribution is -2.35. The number of rotatable bonds is 18. The third kappa shape index (κ3) is 10.8. The van der Waals surface area contributed by atoms with Crippen LogP contribution in [0, 0.1) is 17.3 Å². The number of ether oxygens (including phenoxy) is 2. The van der Waals surface area contributed by atoms with Crippen LogP contribution in [0.1, 0.15) is 105 Å². The summed E-state index contributed by atoms with van der Waals surface area (Å²) < 4.78 is 10.1. The van der Waals surface area contributed by atoms with Crippen LogP contribution in [-0.4, -0.2) is 54.0 Å². The normalized spacial score (nSPS) is 22.1. The molecule has 0 aromatic heterocycles. The van der Waals surface area contributed by atoms with E-state index in [1.54, 1.807) is 6.92 Å². The lowest BCUT2D eigenvalue weighted by Gasteiger charge is -2.27. The highest BCUT2D eigenvalue weighted by molar-refractivity contribution is 6.02. The van der Waals surface area contributed by atoms with Gasteiger partial charge in [-0.25, -0.2) is 4.79 Å². The molecule has 0 spiro atoms. The Morgan fingerprint density at radius 2 is 1.75 bits per heavy atom. The van der Waals surface area contributed by atoms with E-state index in [1.807, 2.05) is 0 Å². The van der Waals surface area contributed by atoms with E-state index < -0.39 is 12.1 Å². The third-order valence-corrected chi connectivity index (χ3v) is 6.95. The lowest BCUT2D eigenvalue weighted by atomic mass is 9.79. The largest absolute Gasteiger partial charge is 0.464 e. The Bertz CT molecular complexity index is 532. The summed E-state index contributed by atoms with van der Waals surface area (Å²) in [5.74, 6) is -0.0907. The highest BCUT2D eigenvalue weighted by atomic mass is 16.6. The quantitative estimate of drug-likeness (QED) is 0.174. The molecule has 0 aromatic rings. The minimum absolute atomic E-state index is 0.0690. The van der Waals surface area contributed by atoms with Crippen LogP contribution in [0.4, 0.5) is 0 Å². The van der Waals surface area contributed by atoms with Gasteiger partial charge in [-0.3, -0.25) is 4.79 Å². The fourth-order valence-electron chi connectivity index (χ4n) is 5.03. The third-order valence-electron chi connectivity index (χ3n) is 6.95. The minimum Gasteiger partial charge on any atom is -0.464 e. The number of hydrogen-bond acceptors (Lipinski definition) is 6. The van der Waals surface area contributed by atoms with Crippen molar-refractivity contribution in [3.63, 3.8) is 0 Å². The first-order valence-electron chi connectivity index (χ1n) is 12.9. The fourth-order valence-corrected chi connectivity index (χ4v) is 5.03. The van der Waals surface area contributed by atoms with Crippen molar-refractivity contribution < 1.29 is 29.3 Å². The van der Waals surface area contributed by atoms with E-state index >= 15 is 0 Å². The number of Topliss-reactive ketones (excluding diaryl/α,β-unsaturated/α-hetero) is 1. The molecule has 4 atom stereocenters. The molecule has 1 aliphatic carbocycles. The van der Waals surface area contributed by atoms with Gasteiger partial charge in [0.05, 0.1) is 25.9 Å². The average molecular weight is 457 g/mol. The maximum absolute atomic E-state index is 12.4. The van der Waals surface area contributed by atoms with Gasteiger partial charge in [-0.05, 0) is 62.7 Å². The van der Waals surface area contributed by atoms with E-state index in [1.165, 1.54) is 38.5 Å². The number of unbranched alkanes of at least 4 members (excludes halogenated alkanes) is 2. The molecule has 2 N–H and O–H groups in total. The van der Waals surface area contributed by atoms with Crippen LogP contribution in [-0.2, 0) is 19.1 Å². The molecule has 0 radical (unpaired) electrons. The van der Waals surface area contributed by atoms with E-state index in [2.05, 4.69) is 20.8 Å². The fraction of sp³-hybridized carbons (Fsp3) is 0.923. The van der Waals surface area contributed by atoms with E-state index in [4.69, 9.17) is 14.6 Å². The average Bonchev–Trinajstić information content (AvgIpc) is 3.09. The van der Waals surface area contributed by atoms with E-state index in [9.17, 15) is 14.7 Å². The number of esters is 1. The van der Waals surface area contributed by atoms with Crippen LogP contribution in [0.2, 0.25) is 0 Å². The molecule has 0 bridgehead atoms. The Hall–Kier alpha value is -0.980. The monoisotopic (exact) mass is 456 g/mol. The van der Waals surface area contributed by atoms with Gasteiger partial charge in [-0.1, -0.05) is 52.9 Å². The molecule has 6 nitrogen and oxygen atoms in total. The summed E-state index contributed by atoms with van der Waals surface area (Å²) in [6, 6.07) is 0. The van der Waals surface area contributed by atoms with Crippen LogP contribution in [0.5, 0.6) is 0 Å². The molecule has 0 saturated heterocycles. The molecular formula is C26H48O6. The summed E-state index contributed by atoms with van der Waals surface area (Å²) in [5.41, 5.74) is 0.399. The van der Waals surface area contributed by atoms with Crippen molar-refractivity contribution in [2.75, 3.05) is 19.8 Å². The highest BCUT2D eigenvalue weighted by Crippen LogP contribution is 2.40. The number of hydrogen-bond donors (Lipinski definition) is 2. The topological polar surface area (TPSA) is 93.1 Å². The molecule has 0 heterocycles. The smallest absolute Gasteiger partial charge is 0.343 e. The Kier molecular flexibility index (Phi) is 14.3. The molecule has 1 saturated carbocycles. The molecule has 1 fully saturated rings. The number of aliphatic hydroxyl groups excluding tert-OH is 2. The van der Waals surface area contributed by atoms with E-state index in [-0.39, 0.29) is 38.1 Å². The molecule has 1 aliphatic rings. The van der Waals surface area contributed by atoms with Gasteiger partial charge in [-0.2, -0.15) is 0 Å². The zero-order valence-electron chi connectivity index (χ0n) is 20.9. The second-order valence-electron chi connectivity index (χ2n) is 10.2. The summed E-state index contributed by atoms with van der Waals surface area (Å²) in [5, 5.41) is 19.4. The molecule has 0 aliphatic heterocycles. The standard InChI is InChI=1S/C26H48O6/c1-5-7-16-26(3,4)17-10-11-20-14-15-22(28)21(20)12-8-9-13-23(29)24(32-19-18-27)25(30)31-6-2/h20-22,24,27-28H,5-19H2,1-4H3/t20-,21+,22-,24?/m0/s1. The highest BCUT2D eigenvalue weighted by Gasteiger charge is 2.34. The van der Waals surface area contributed by atoms with Crippen molar-refractivity contribution in [2.24, 2.45) is 17.3 Å². The van der Waals surface area contributed by atoms with Crippen LogP contribution in [0.3, 0.4) is 0 Å². The molecule has 0 amide bonds. The first-order chi connectivity index (χ1) is 15.3. The van der Waals surface area contributed by atoms with Crippen molar-refractivity contribution in [3.8, 4) is 0 Å². The molecule has 32 heavy (non-hydrogen) atoms. The number of aliphatic hydroxyl groups is 2. The lowest BCUT2D eigenvalue weighted by molar-refractivity contribution is -0.162. The minimum atomic E-state index is -1.25. The summed E-state index contributed by atoms with van der Waals surface area (Å²) in [6.07, 6.45) is 10.6. The first-order valence-corrected chi connectivity index (χ1v) is 12.9. The number of ketones is 1. The van der Waals surface area contributed by atoms with Crippen LogP contribution in [0.25, 0.3) is 0 Å². The zero-order valence-corrected chi connectivity index (χ0v) is 20.9. The predicted molar refractivity (Wildman–Crippen MR) is 126 cm³/mol. The van der Waals surface area contributed by atoms with Crippen molar-refractivity contribution in [3.05, 3.63) is 0 Å². The van der Waals surface area contributed by atoms with Gasteiger partial charge >= 0.3 is 5.97 Å². The predicted octanol–water partition coefficient (Wildman–Crippen LogP) is 4.83. The Labute approximate surface area is 195 Å². The van der Waals surface area contributed by atoms with E-state index in [0.29, 0.717) is 23.7 Å². The summed E-state index contributed by atoms with van der Waals surface area (Å²) >= 11 is 0. The van der Waals surface area contributed by atoms with Gasteiger partial charge < -0.3 is 19.7 Å². The Morgan fingerprint density at radius 3 is 2.41 bits per heavy atom. The Morgan fingerprint density at radius 1 is 1.03 bits per heavy atom. The van der Waals surface area contributed by atoms with Gasteiger partial charge in [-0.15, -0.1) is 0 Å².